The fourth-order valence-electron chi connectivity index (χ4n) is 1.54. The summed E-state index contributed by atoms with van der Waals surface area (Å²) in [6, 6.07) is 3.27. The molecule has 2 aromatic rings. The molecule has 0 spiro atoms. The number of hydrogen-bond acceptors (Lipinski definition) is 6. The summed E-state index contributed by atoms with van der Waals surface area (Å²) in [7, 11) is -3.94. The Morgan fingerprint density at radius 2 is 2.19 bits per heavy atom. The lowest BCUT2D eigenvalue weighted by Gasteiger charge is -2.07. The molecule has 0 aliphatic carbocycles. The first kappa shape index (κ1) is 15.8. The molecule has 1 N–H and O–H groups in total. The minimum Gasteiger partial charge on any atom is -0.258 e. The molecule has 10 heteroatoms. The van der Waals surface area contributed by atoms with Gasteiger partial charge in [0.2, 0.25) is 10.0 Å². The van der Waals surface area contributed by atoms with Gasteiger partial charge in [0.05, 0.1) is 15.0 Å². The maximum Gasteiger partial charge on any atom is 0.270 e. The first-order chi connectivity index (χ1) is 9.79. The van der Waals surface area contributed by atoms with Crippen LogP contribution in [0.15, 0.2) is 29.3 Å². The van der Waals surface area contributed by atoms with Crippen molar-refractivity contribution < 1.29 is 13.3 Å². The van der Waals surface area contributed by atoms with Crippen molar-refractivity contribution in [3.05, 3.63) is 49.4 Å². The Hall–Kier alpha value is -1.55. The van der Waals surface area contributed by atoms with Gasteiger partial charge in [0.15, 0.2) is 0 Å². The summed E-state index contributed by atoms with van der Waals surface area (Å²) in [5.41, 5.74) is -0.339. The second kappa shape index (κ2) is 6.06. The predicted molar refractivity (Wildman–Crippen MR) is 79.0 cm³/mol. The highest BCUT2D eigenvalue weighted by Crippen LogP contribution is 2.26. The largest absolute Gasteiger partial charge is 0.270 e. The Labute approximate surface area is 129 Å². The smallest absolute Gasteiger partial charge is 0.258 e. The van der Waals surface area contributed by atoms with Gasteiger partial charge < -0.3 is 0 Å². The predicted octanol–water partition coefficient (Wildman–Crippen LogP) is 2.49. The molecule has 0 bridgehead atoms. The first-order valence-corrected chi connectivity index (χ1v) is 8.32. The molecular weight excluding hydrogens is 338 g/mol. The number of nitro benzene ring substituents is 1. The van der Waals surface area contributed by atoms with E-state index in [-0.39, 0.29) is 22.2 Å². The van der Waals surface area contributed by atoms with Crippen LogP contribution in [0.1, 0.15) is 9.88 Å². The Morgan fingerprint density at radius 3 is 2.76 bits per heavy atom. The molecule has 0 radical (unpaired) electrons. The zero-order valence-electron chi connectivity index (χ0n) is 10.7. The van der Waals surface area contributed by atoms with Gasteiger partial charge in [0.25, 0.3) is 5.69 Å². The van der Waals surface area contributed by atoms with Gasteiger partial charge >= 0.3 is 0 Å². The van der Waals surface area contributed by atoms with Crippen LogP contribution < -0.4 is 4.72 Å². The Morgan fingerprint density at radius 1 is 1.48 bits per heavy atom. The number of thiazole rings is 1. The Balaban J connectivity index is 2.26. The van der Waals surface area contributed by atoms with Crippen molar-refractivity contribution in [1.29, 1.82) is 0 Å². The normalized spacial score (nSPS) is 11.5. The second-order valence-corrected chi connectivity index (χ2v) is 7.50. The molecule has 112 valence electrons. The number of hydrogen-bond donors (Lipinski definition) is 1. The van der Waals surface area contributed by atoms with Crippen LogP contribution in [0.3, 0.4) is 0 Å². The summed E-state index contributed by atoms with van der Waals surface area (Å²) in [5, 5.41) is 11.5. The molecule has 7 nitrogen and oxygen atoms in total. The molecule has 0 atom stereocenters. The molecule has 1 heterocycles. The van der Waals surface area contributed by atoms with E-state index in [2.05, 4.69) is 9.71 Å². The Bertz CT molecular complexity index is 789. The fraction of sp³-hybridized carbons (Fsp3) is 0.182. The minimum absolute atomic E-state index is 0.0485. The number of nitrogens with zero attached hydrogens (tertiary/aromatic N) is 2. The van der Waals surface area contributed by atoms with Crippen molar-refractivity contribution in [3.63, 3.8) is 0 Å². The van der Waals surface area contributed by atoms with Crippen LogP contribution in [0.5, 0.6) is 0 Å². The summed E-state index contributed by atoms with van der Waals surface area (Å²) in [6.07, 6.45) is 1.57. The van der Waals surface area contributed by atoms with Crippen LogP contribution >= 0.6 is 22.9 Å². The third kappa shape index (κ3) is 3.76. The van der Waals surface area contributed by atoms with Crippen LogP contribution in [0, 0.1) is 17.0 Å². The molecule has 0 amide bonds. The third-order valence-electron chi connectivity index (χ3n) is 2.52. The standard InChI is InChI=1S/C11H10ClN3O4S2/c1-7-13-5-9(20-7)6-14-21(18,19)11-4-8(15(16)17)2-3-10(11)12/h2-5,14H,6H2,1H3. The first-order valence-electron chi connectivity index (χ1n) is 5.64. The molecule has 0 aliphatic rings. The van der Waals surface area contributed by atoms with E-state index in [4.69, 9.17) is 11.6 Å². The van der Waals surface area contributed by atoms with E-state index >= 15 is 0 Å². The van der Waals surface area contributed by atoms with E-state index in [1.54, 1.807) is 13.1 Å². The van der Waals surface area contributed by atoms with Crippen molar-refractivity contribution in [1.82, 2.24) is 9.71 Å². The number of halogens is 1. The topological polar surface area (TPSA) is 102 Å². The fourth-order valence-corrected chi connectivity index (χ4v) is 3.89. The number of non-ortho nitro benzene ring substituents is 1. The van der Waals surface area contributed by atoms with E-state index in [9.17, 15) is 18.5 Å². The summed E-state index contributed by atoms with van der Waals surface area (Å²) >= 11 is 7.18. The highest BCUT2D eigenvalue weighted by atomic mass is 35.5. The number of aryl methyl sites for hydroxylation is 1. The molecular formula is C11H10ClN3O4S2. The lowest BCUT2D eigenvalue weighted by atomic mass is 10.3. The third-order valence-corrected chi connectivity index (χ3v) is 5.32. The molecule has 21 heavy (non-hydrogen) atoms. The molecule has 1 aromatic carbocycles. The molecule has 0 saturated carbocycles. The van der Waals surface area contributed by atoms with E-state index in [1.165, 1.54) is 17.4 Å². The van der Waals surface area contributed by atoms with E-state index in [0.29, 0.717) is 0 Å². The molecule has 0 saturated heterocycles. The summed E-state index contributed by atoms with van der Waals surface area (Å²) in [5.74, 6) is 0. The van der Waals surface area contributed by atoms with Gasteiger partial charge in [-0.2, -0.15) is 0 Å². The minimum atomic E-state index is -3.94. The number of sulfonamides is 1. The van der Waals surface area contributed by atoms with Crippen LogP contribution in [0.4, 0.5) is 5.69 Å². The summed E-state index contributed by atoms with van der Waals surface area (Å²) in [6.45, 7) is 1.85. The van der Waals surface area contributed by atoms with Gasteiger partial charge in [0.1, 0.15) is 4.90 Å². The van der Waals surface area contributed by atoms with E-state index in [0.717, 1.165) is 22.0 Å². The molecule has 0 unspecified atom stereocenters. The highest BCUT2D eigenvalue weighted by Gasteiger charge is 2.21. The molecule has 2 rings (SSSR count). The number of benzene rings is 1. The van der Waals surface area contributed by atoms with Crippen molar-refractivity contribution in [2.45, 2.75) is 18.4 Å². The molecule has 0 fully saturated rings. The van der Waals surface area contributed by atoms with Crippen molar-refractivity contribution in [2.24, 2.45) is 0 Å². The van der Waals surface area contributed by atoms with Crippen LogP contribution in [-0.4, -0.2) is 18.3 Å². The number of aromatic nitrogens is 1. The van der Waals surface area contributed by atoms with Gasteiger partial charge in [-0.3, -0.25) is 10.1 Å². The van der Waals surface area contributed by atoms with Crippen molar-refractivity contribution in [3.8, 4) is 0 Å². The van der Waals surface area contributed by atoms with Crippen molar-refractivity contribution >= 4 is 38.6 Å². The van der Waals surface area contributed by atoms with Gasteiger partial charge in [-0.05, 0) is 13.0 Å². The number of rotatable bonds is 5. The zero-order chi connectivity index (χ0) is 15.6. The highest BCUT2D eigenvalue weighted by molar-refractivity contribution is 7.89. The summed E-state index contributed by atoms with van der Waals surface area (Å²) < 4.78 is 26.7. The van der Waals surface area contributed by atoms with Gasteiger partial charge in [-0.15, -0.1) is 11.3 Å². The van der Waals surface area contributed by atoms with Gasteiger partial charge in [-0.1, -0.05) is 11.6 Å². The number of nitrogens with one attached hydrogen (secondary N) is 1. The van der Waals surface area contributed by atoms with Crippen LogP contribution in [0.2, 0.25) is 5.02 Å². The van der Waals surface area contributed by atoms with Crippen LogP contribution in [-0.2, 0) is 16.6 Å². The zero-order valence-corrected chi connectivity index (χ0v) is 13.1. The lowest BCUT2D eigenvalue weighted by Crippen LogP contribution is -2.23. The summed E-state index contributed by atoms with van der Waals surface area (Å²) in [4.78, 5) is 14.5. The molecule has 1 aromatic heterocycles. The monoisotopic (exact) mass is 347 g/mol. The second-order valence-electron chi connectivity index (χ2n) is 4.04. The average molecular weight is 348 g/mol. The van der Waals surface area contributed by atoms with Gasteiger partial charge in [0, 0.05) is 29.8 Å². The van der Waals surface area contributed by atoms with E-state index in [1.807, 2.05) is 0 Å². The SMILES string of the molecule is Cc1ncc(CNS(=O)(=O)c2cc([N+](=O)[O-])ccc2Cl)s1. The van der Waals surface area contributed by atoms with Crippen molar-refractivity contribution in [2.75, 3.05) is 0 Å². The quantitative estimate of drug-likeness (QED) is 0.661. The van der Waals surface area contributed by atoms with E-state index < -0.39 is 14.9 Å². The maximum absolute atomic E-state index is 12.2. The lowest BCUT2D eigenvalue weighted by molar-refractivity contribution is -0.385. The number of nitro groups is 1. The van der Waals surface area contributed by atoms with Crippen LogP contribution in [0.25, 0.3) is 0 Å². The van der Waals surface area contributed by atoms with Gasteiger partial charge in [-0.25, -0.2) is 18.1 Å². The Kier molecular flexibility index (Phi) is 4.57. The molecule has 0 aliphatic heterocycles. The maximum atomic E-state index is 12.2. The average Bonchev–Trinajstić information content (AvgIpc) is 2.82.